The van der Waals surface area contributed by atoms with Crippen molar-refractivity contribution >= 4 is 21.8 Å². The molecule has 0 bridgehead atoms. The number of esters is 1. The summed E-state index contributed by atoms with van der Waals surface area (Å²) in [5.41, 5.74) is 2.22. The van der Waals surface area contributed by atoms with Crippen molar-refractivity contribution in [3.05, 3.63) is 65.2 Å². The maximum atomic E-state index is 13.1. The minimum absolute atomic E-state index is 0.0378. The molecule has 0 aliphatic carbocycles. The van der Waals surface area contributed by atoms with Gasteiger partial charge in [-0.25, -0.2) is 8.42 Å². The zero-order valence-corrected chi connectivity index (χ0v) is 15.3. The second kappa shape index (κ2) is 7.01. The van der Waals surface area contributed by atoms with Crippen molar-refractivity contribution in [2.75, 3.05) is 7.11 Å². The average molecular weight is 373 g/mol. The lowest BCUT2D eigenvalue weighted by molar-refractivity contribution is -0.145. The summed E-state index contributed by atoms with van der Waals surface area (Å²) in [4.78, 5) is 23.7. The van der Waals surface area contributed by atoms with Gasteiger partial charge in [0.05, 0.1) is 12.0 Å². The van der Waals surface area contributed by atoms with Gasteiger partial charge in [-0.3, -0.25) is 9.59 Å². The third-order valence-electron chi connectivity index (χ3n) is 4.55. The van der Waals surface area contributed by atoms with Crippen molar-refractivity contribution < 1.29 is 22.7 Å². The number of benzene rings is 2. The fourth-order valence-electron chi connectivity index (χ4n) is 3.09. The third kappa shape index (κ3) is 3.27. The summed E-state index contributed by atoms with van der Waals surface area (Å²) in [6.07, 6.45) is 0.258. The number of rotatable bonds is 4. The summed E-state index contributed by atoms with van der Waals surface area (Å²) < 4.78 is 32.3. The van der Waals surface area contributed by atoms with Crippen LogP contribution in [0.4, 0.5) is 0 Å². The van der Waals surface area contributed by atoms with E-state index in [2.05, 4.69) is 0 Å². The summed E-state index contributed by atoms with van der Waals surface area (Å²) in [6, 6.07) is 12.2. The number of hydrogen-bond acceptors (Lipinski definition) is 5. The fourth-order valence-corrected chi connectivity index (χ4v) is 4.64. The second-order valence-corrected chi connectivity index (χ2v) is 8.03. The Balaban J connectivity index is 2.03. The van der Waals surface area contributed by atoms with E-state index in [-0.39, 0.29) is 23.6 Å². The highest BCUT2D eigenvalue weighted by atomic mass is 32.2. The van der Waals surface area contributed by atoms with Gasteiger partial charge in [0.25, 0.3) is 0 Å². The molecule has 0 N–H and O–H groups in total. The van der Waals surface area contributed by atoms with E-state index in [1.807, 2.05) is 24.3 Å². The number of sulfonamides is 1. The highest BCUT2D eigenvalue weighted by Gasteiger charge is 2.40. The summed E-state index contributed by atoms with van der Waals surface area (Å²) in [5.74, 6) is -0.739. The lowest BCUT2D eigenvalue weighted by Gasteiger charge is -2.34. The van der Waals surface area contributed by atoms with Gasteiger partial charge in [0, 0.05) is 18.5 Å². The quantitative estimate of drug-likeness (QED) is 0.606. The number of methoxy groups -OCH3 is 1. The summed E-state index contributed by atoms with van der Waals surface area (Å²) >= 11 is 0. The molecule has 0 saturated heterocycles. The maximum absolute atomic E-state index is 13.1. The Bertz CT molecular complexity index is 950. The summed E-state index contributed by atoms with van der Waals surface area (Å²) in [6.45, 7) is 1.51. The molecule has 2 aromatic rings. The fraction of sp³-hybridized carbons (Fsp3) is 0.263. The Kier molecular flexibility index (Phi) is 4.93. The first-order valence-electron chi connectivity index (χ1n) is 8.12. The summed E-state index contributed by atoms with van der Waals surface area (Å²) in [5, 5.41) is 0. The minimum atomic E-state index is -3.93. The topological polar surface area (TPSA) is 80.8 Å². The lowest BCUT2D eigenvalue weighted by atomic mass is 9.96. The average Bonchev–Trinajstić information content (AvgIpc) is 2.66. The van der Waals surface area contributed by atoms with Crippen molar-refractivity contribution in [1.29, 1.82) is 0 Å². The van der Waals surface area contributed by atoms with Crippen molar-refractivity contribution in [2.24, 2.45) is 0 Å². The predicted octanol–water partition coefficient (Wildman–Crippen LogP) is 2.18. The number of carbonyl (C=O) groups is 2. The van der Waals surface area contributed by atoms with Gasteiger partial charge in [-0.2, -0.15) is 4.31 Å². The van der Waals surface area contributed by atoms with Crippen LogP contribution in [0.25, 0.3) is 0 Å². The van der Waals surface area contributed by atoms with Gasteiger partial charge in [-0.1, -0.05) is 36.4 Å². The van der Waals surface area contributed by atoms with Gasteiger partial charge in [-0.15, -0.1) is 0 Å². The SMILES string of the molecule is COC(=O)[C@@H]1Cc2ccccc2CN1S(=O)(=O)c1ccc(C(C)=O)cc1. The first-order chi connectivity index (χ1) is 12.3. The van der Waals surface area contributed by atoms with Crippen molar-refractivity contribution in [3.8, 4) is 0 Å². The second-order valence-electron chi connectivity index (χ2n) is 6.14. The molecule has 3 rings (SSSR count). The highest BCUT2D eigenvalue weighted by Crippen LogP contribution is 2.29. The summed E-state index contributed by atoms with van der Waals surface area (Å²) in [7, 11) is -2.68. The van der Waals surface area contributed by atoms with Gasteiger partial charge >= 0.3 is 5.97 Å². The number of Topliss-reactive ketones (excluding diaryl/α,β-unsaturated/α-hetero) is 1. The smallest absolute Gasteiger partial charge is 0.324 e. The van der Waals surface area contributed by atoms with E-state index in [4.69, 9.17) is 4.74 Å². The monoisotopic (exact) mass is 373 g/mol. The van der Waals surface area contributed by atoms with E-state index < -0.39 is 22.0 Å². The Labute approximate surface area is 152 Å². The van der Waals surface area contributed by atoms with Crippen LogP contribution in [0.1, 0.15) is 28.4 Å². The van der Waals surface area contributed by atoms with Gasteiger partial charge in [0.15, 0.2) is 5.78 Å². The molecule has 0 radical (unpaired) electrons. The molecule has 6 nitrogen and oxygen atoms in total. The number of ketones is 1. The van der Waals surface area contributed by atoms with E-state index >= 15 is 0 Å². The number of fused-ring (bicyclic) bond motifs is 1. The van der Waals surface area contributed by atoms with Crippen LogP contribution in [0.5, 0.6) is 0 Å². The Morgan fingerprint density at radius 1 is 1.04 bits per heavy atom. The Morgan fingerprint density at radius 3 is 2.23 bits per heavy atom. The van der Waals surface area contributed by atoms with E-state index in [0.717, 1.165) is 11.1 Å². The lowest BCUT2D eigenvalue weighted by Crippen LogP contribution is -2.49. The molecule has 0 fully saturated rings. The first-order valence-corrected chi connectivity index (χ1v) is 9.56. The molecule has 0 amide bonds. The first kappa shape index (κ1) is 18.3. The molecule has 1 atom stereocenters. The van der Waals surface area contributed by atoms with Crippen LogP contribution in [-0.4, -0.2) is 37.6 Å². The Morgan fingerprint density at radius 2 is 1.65 bits per heavy atom. The molecule has 0 aromatic heterocycles. The zero-order chi connectivity index (χ0) is 18.9. The van der Waals surface area contributed by atoms with E-state index in [0.29, 0.717) is 5.56 Å². The largest absolute Gasteiger partial charge is 0.468 e. The number of hydrogen-bond donors (Lipinski definition) is 0. The van der Waals surface area contributed by atoms with Crippen LogP contribution < -0.4 is 0 Å². The molecule has 1 aliphatic rings. The molecule has 0 spiro atoms. The molecular weight excluding hydrogens is 354 g/mol. The van der Waals surface area contributed by atoms with Crippen LogP contribution in [0.3, 0.4) is 0 Å². The molecule has 2 aromatic carbocycles. The highest BCUT2D eigenvalue weighted by molar-refractivity contribution is 7.89. The third-order valence-corrected chi connectivity index (χ3v) is 6.42. The van der Waals surface area contributed by atoms with Crippen LogP contribution in [0, 0.1) is 0 Å². The molecule has 0 saturated carbocycles. The number of nitrogens with zero attached hydrogens (tertiary/aromatic N) is 1. The van der Waals surface area contributed by atoms with Gasteiger partial charge in [0.1, 0.15) is 6.04 Å². The molecule has 26 heavy (non-hydrogen) atoms. The predicted molar refractivity (Wildman–Crippen MR) is 95.1 cm³/mol. The minimum Gasteiger partial charge on any atom is -0.468 e. The van der Waals surface area contributed by atoms with Crippen molar-refractivity contribution in [1.82, 2.24) is 4.31 Å². The van der Waals surface area contributed by atoms with Gasteiger partial charge < -0.3 is 4.74 Å². The zero-order valence-electron chi connectivity index (χ0n) is 14.5. The van der Waals surface area contributed by atoms with E-state index in [9.17, 15) is 18.0 Å². The van der Waals surface area contributed by atoms with Crippen LogP contribution in [0.15, 0.2) is 53.4 Å². The van der Waals surface area contributed by atoms with E-state index in [1.165, 1.54) is 42.6 Å². The van der Waals surface area contributed by atoms with Crippen molar-refractivity contribution in [2.45, 2.75) is 30.8 Å². The standard InChI is InChI=1S/C19H19NO5S/c1-13(21)14-7-9-17(10-8-14)26(23,24)20-12-16-6-4-3-5-15(16)11-18(20)19(22)25-2/h3-10,18H,11-12H2,1-2H3/t18-/m0/s1. The van der Waals surface area contributed by atoms with Gasteiger partial charge in [0.2, 0.25) is 10.0 Å². The molecule has 7 heteroatoms. The number of carbonyl (C=O) groups excluding carboxylic acids is 2. The van der Waals surface area contributed by atoms with Crippen LogP contribution in [-0.2, 0) is 32.5 Å². The van der Waals surface area contributed by atoms with Crippen LogP contribution in [0.2, 0.25) is 0 Å². The normalized spacial score (nSPS) is 17.4. The number of ether oxygens (including phenoxy) is 1. The molecule has 1 heterocycles. The Hall–Kier alpha value is -2.51. The van der Waals surface area contributed by atoms with Crippen LogP contribution >= 0.6 is 0 Å². The van der Waals surface area contributed by atoms with Crippen molar-refractivity contribution in [3.63, 3.8) is 0 Å². The molecular formula is C19H19NO5S. The van der Waals surface area contributed by atoms with Gasteiger partial charge in [-0.05, 0) is 30.2 Å². The molecule has 136 valence electrons. The maximum Gasteiger partial charge on any atom is 0.324 e. The van der Waals surface area contributed by atoms with E-state index in [1.54, 1.807) is 0 Å². The molecule has 0 unspecified atom stereocenters. The molecule has 1 aliphatic heterocycles.